The zero-order valence-corrected chi connectivity index (χ0v) is 14.8. The van der Waals surface area contributed by atoms with E-state index in [1.807, 2.05) is 0 Å². The van der Waals surface area contributed by atoms with Gasteiger partial charge in [-0.3, -0.25) is 4.79 Å². The first kappa shape index (κ1) is 18.4. The third kappa shape index (κ3) is 4.80. The van der Waals surface area contributed by atoms with Gasteiger partial charge in [-0.1, -0.05) is 48.9 Å². The molecule has 0 saturated carbocycles. The van der Waals surface area contributed by atoms with E-state index in [-0.39, 0.29) is 23.9 Å². The zero-order valence-electron chi connectivity index (χ0n) is 13.3. The van der Waals surface area contributed by atoms with Crippen LogP contribution in [0.1, 0.15) is 12.5 Å². The van der Waals surface area contributed by atoms with Gasteiger partial charge in [-0.05, 0) is 29.8 Å². The molecule has 0 atom stereocenters. The van der Waals surface area contributed by atoms with Crippen LogP contribution < -0.4 is 5.32 Å². The maximum Gasteiger partial charge on any atom is 0.243 e. The Hall–Kier alpha value is -1.89. The third-order valence-electron chi connectivity index (χ3n) is 3.46. The molecule has 0 unspecified atom stereocenters. The Kier molecular flexibility index (Phi) is 6.36. The van der Waals surface area contributed by atoms with Gasteiger partial charge in [-0.2, -0.15) is 4.31 Å². The fourth-order valence-corrected chi connectivity index (χ4v) is 3.68. The number of likely N-dealkylation sites (N-methyl/N-ethyl adjacent to an activating group) is 1. The number of hydrogen-bond donors (Lipinski definition) is 1. The fourth-order valence-electron chi connectivity index (χ4n) is 2.13. The Labute approximate surface area is 147 Å². The predicted octanol–water partition coefficient (Wildman–Crippen LogP) is 2.67. The van der Waals surface area contributed by atoms with Crippen LogP contribution in [-0.2, 0) is 21.4 Å². The maximum absolute atomic E-state index is 12.5. The summed E-state index contributed by atoms with van der Waals surface area (Å²) in [7, 11) is -3.68. The highest BCUT2D eigenvalue weighted by molar-refractivity contribution is 7.89. The molecule has 128 valence electrons. The number of carbonyl (C=O) groups excluding carboxylic acids is 1. The van der Waals surface area contributed by atoms with E-state index < -0.39 is 10.0 Å². The molecule has 0 radical (unpaired) electrons. The second-order valence-corrected chi connectivity index (χ2v) is 7.52. The van der Waals surface area contributed by atoms with Crippen LogP contribution in [0, 0.1) is 0 Å². The first-order valence-electron chi connectivity index (χ1n) is 7.50. The summed E-state index contributed by atoms with van der Waals surface area (Å²) in [6, 6.07) is 15.2. The minimum atomic E-state index is -3.68. The van der Waals surface area contributed by atoms with Crippen molar-refractivity contribution >= 4 is 27.5 Å². The molecule has 0 aliphatic heterocycles. The summed E-state index contributed by atoms with van der Waals surface area (Å²) in [6.45, 7) is 2.01. The molecule has 0 aliphatic carbocycles. The van der Waals surface area contributed by atoms with Crippen LogP contribution >= 0.6 is 11.6 Å². The van der Waals surface area contributed by atoms with Crippen LogP contribution in [-0.4, -0.2) is 31.7 Å². The number of halogens is 1. The molecular formula is C17H19ClN2O3S. The average molecular weight is 367 g/mol. The first-order valence-corrected chi connectivity index (χ1v) is 9.31. The van der Waals surface area contributed by atoms with Crippen molar-refractivity contribution in [1.29, 1.82) is 0 Å². The summed E-state index contributed by atoms with van der Waals surface area (Å²) >= 11 is 5.81. The van der Waals surface area contributed by atoms with Crippen molar-refractivity contribution in [3.05, 3.63) is 65.2 Å². The number of carbonyl (C=O) groups is 1. The molecule has 2 rings (SSSR count). The Bertz CT molecular complexity index is 777. The van der Waals surface area contributed by atoms with Crippen LogP contribution in [0.4, 0.5) is 0 Å². The lowest BCUT2D eigenvalue weighted by molar-refractivity contribution is -0.121. The minimum absolute atomic E-state index is 0.178. The molecule has 0 saturated heterocycles. The van der Waals surface area contributed by atoms with Crippen molar-refractivity contribution in [2.45, 2.75) is 18.4 Å². The molecular weight excluding hydrogens is 348 g/mol. The van der Waals surface area contributed by atoms with Crippen molar-refractivity contribution in [1.82, 2.24) is 9.62 Å². The number of amides is 1. The number of rotatable bonds is 7. The molecule has 2 aromatic rings. The molecule has 0 spiro atoms. The lowest BCUT2D eigenvalue weighted by atomic mass is 10.2. The molecule has 0 aromatic heterocycles. The Balaban J connectivity index is 1.99. The molecule has 0 fully saturated rings. The molecule has 24 heavy (non-hydrogen) atoms. The van der Waals surface area contributed by atoms with Crippen molar-refractivity contribution in [3.8, 4) is 0 Å². The highest BCUT2D eigenvalue weighted by Crippen LogP contribution is 2.14. The van der Waals surface area contributed by atoms with Gasteiger partial charge in [0.1, 0.15) is 0 Å². The lowest BCUT2D eigenvalue weighted by Gasteiger charge is -2.20. The summed E-state index contributed by atoms with van der Waals surface area (Å²) in [6.07, 6.45) is 0. The van der Waals surface area contributed by atoms with Crippen LogP contribution in [0.5, 0.6) is 0 Å². The lowest BCUT2D eigenvalue weighted by Crippen LogP contribution is -2.40. The topological polar surface area (TPSA) is 66.5 Å². The largest absolute Gasteiger partial charge is 0.351 e. The average Bonchev–Trinajstić information content (AvgIpc) is 2.59. The van der Waals surface area contributed by atoms with Gasteiger partial charge in [-0.15, -0.1) is 0 Å². The predicted molar refractivity (Wildman–Crippen MR) is 94.2 cm³/mol. The number of benzene rings is 2. The van der Waals surface area contributed by atoms with E-state index in [9.17, 15) is 13.2 Å². The number of nitrogens with zero attached hydrogens (tertiary/aromatic N) is 1. The Morgan fingerprint density at radius 1 is 1.08 bits per heavy atom. The quantitative estimate of drug-likeness (QED) is 0.819. The van der Waals surface area contributed by atoms with Crippen molar-refractivity contribution in [2.24, 2.45) is 0 Å². The monoisotopic (exact) mass is 366 g/mol. The zero-order chi connectivity index (χ0) is 17.6. The molecule has 1 amide bonds. The highest BCUT2D eigenvalue weighted by atomic mass is 35.5. The number of nitrogens with one attached hydrogen (secondary N) is 1. The van der Waals surface area contributed by atoms with Gasteiger partial charge in [0.2, 0.25) is 15.9 Å². The maximum atomic E-state index is 12.5. The van der Waals surface area contributed by atoms with Gasteiger partial charge >= 0.3 is 0 Å². The second-order valence-electron chi connectivity index (χ2n) is 5.15. The molecule has 2 aromatic carbocycles. The van der Waals surface area contributed by atoms with E-state index in [4.69, 9.17) is 11.6 Å². The van der Waals surface area contributed by atoms with Gasteiger partial charge in [-0.25, -0.2) is 8.42 Å². The van der Waals surface area contributed by atoms with Crippen molar-refractivity contribution < 1.29 is 13.2 Å². The molecule has 7 heteroatoms. The summed E-state index contributed by atoms with van der Waals surface area (Å²) in [5.74, 6) is -0.355. The SMILES string of the molecule is CCN(CC(=O)NCc1ccc(Cl)cc1)S(=O)(=O)c1ccccc1. The van der Waals surface area contributed by atoms with E-state index >= 15 is 0 Å². The molecule has 0 aliphatic rings. The molecule has 0 heterocycles. The highest BCUT2D eigenvalue weighted by Gasteiger charge is 2.24. The summed E-state index contributed by atoms with van der Waals surface area (Å²) in [5.41, 5.74) is 0.890. The van der Waals surface area contributed by atoms with Crippen LogP contribution in [0.2, 0.25) is 5.02 Å². The van der Waals surface area contributed by atoms with Gasteiger partial charge in [0.15, 0.2) is 0 Å². The van der Waals surface area contributed by atoms with E-state index in [1.54, 1.807) is 49.4 Å². The van der Waals surface area contributed by atoms with Gasteiger partial charge < -0.3 is 5.32 Å². The Morgan fingerprint density at radius 2 is 1.71 bits per heavy atom. The van der Waals surface area contributed by atoms with Crippen LogP contribution in [0.3, 0.4) is 0 Å². The standard InChI is InChI=1S/C17H19ClN2O3S/c1-2-20(24(22,23)16-6-4-3-5-7-16)13-17(21)19-12-14-8-10-15(18)11-9-14/h3-11H,2,12-13H2,1H3,(H,19,21). The third-order valence-corrected chi connectivity index (χ3v) is 5.64. The molecule has 5 nitrogen and oxygen atoms in total. The summed E-state index contributed by atoms with van der Waals surface area (Å²) in [5, 5.41) is 3.34. The fraction of sp³-hybridized carbons (Fsp3) is 0.235. The number of hydrogen-bond acceptors (Lipinski definition) is 3. The minimum Gasteiger partial charge on any atom is -0.351 e. The van der Waals surface area contributed by atoms with Crippen molar-refractivity contribution in [2.75, 3.05) is 13.1 Å². The van der Waals surface area contributed by atoms with Crippen LogP contribution in [0.15, 0.2) is 59.5 Å². The van der Waals surface area contributed by atoms with Gasteiger partial charge in [0, 0.05) is 18.1 Å². The smallest absolute Gasteiger partial charge is 0.243 e. The van der Waals surface area contributed by atoms with Gasteiger partial charge in [0.05, 0.1) is 11.4 Å². The van der Waals surface area contributed by atoms with Crippen LogP contribution in [0.25, 0.3) is 0 Å². The molecule has 1 N–H and O–H groups in total. The molecule has 0 bridgehead atoms. The number of sulfonamides is 1. The van der Waals surface area contributed by atoms with Crippen molar-refractivity contribution in [3.63, 3.8) is 0 Å². The second kappa shape index (κ2) is 8.28. The Morgan fingerprint density at radius 3 is 2.29 bits per heavy atom. The normalized spacial score (nSPS) is 11.5. The van der Waals surface area contributed by atoms with E-state index in [1.165, 1.54) is 12.1 Å². The van der Waals surface area contributed by atoms with Gasteiger partial charge in [0.25, 0.3) is 0 Å². The summed E-state index contributed by atoms with van der Waals surface area (Å²) < 4.78 is 26.2. The van der Waals surface area contributed by atoms with E-state index in [2.05, 4.69) is 5.32 Å². The van der Waals surface area contributed by atoms with E-state index in [0.717, 1.165) is 9.87 Å². The first-order chi connectivity index (χ1) is 11.4. The van der Waals surface area contributed by atoms with E-state index in [0.29, 0.717) is 11.6 Å². The summed E-state index contributed by atoms with van der Waals surface area (Å²) in [4.78, 5) is 12.3.